The van der Waals surface area contributed by atoms with E-state index >= 15 is 0 Å². The summed E-state index contributed by atoms with van der Waals surface area (Å²) in [4.78, 5) is 41.9. The van der Waals surface area contributed by atoms with Gasteiger partial charge in [-0.3, -0.25) is 24.7 Å². The largest absolute Gasteiger partial charge is 0.446 e. The number of piperidine rings is 1. The van der Waals surface area contributed by atoms with Crippen molar-refractivity contribution in [1.29, 1.82) is 0 Å². The van der Waals surface area contributed by atoms with Crippen LogP contribution in [0.5, 0.6) is 0 Å². The lowest BCUT2D eigenvalue weighted by atomic mass is 10.0. The van der Waals surface area contributed by atoms with E-state index in [-0.39, 0.29) is 17.9 Å². The van der Waals surface area contributed by atoms with Crippen LogP contribution in [0.4, 0.5) is 10.5 Å². The quantitative estimate of drug-likeness (QED) is 0.145. The zero-order valence-corrected chi connectivity index (χ0v) is 27.2. The molecule has 0 unspecified atom stereocenters. The second kappa shape index (κ2) is 14.3. The SMILES string of the molecule is C[N+](C)(CCCN1C(=O)c2ccccc2C1=O)Cc1ccc(CN2CCC(OC(=O)Nc3ccccc3-c3ccccc3)CC2)cc1. The van der Waals surface area contributed by atoms with Crippen molar-refractivity contribution in [2.75, 3.05) is 45.6 Å². The zero-order chi connectivity index (χ0) is 32.8. The fourth-order valence-electron chi connectivity index (χ4n) is 6.62. The summed E-state index contributed by atoms with van der Waals surface area (Å²) in [6, 6.07) is 33.7. The van der Waals surface area contributed by atoms with Crippen molar-refractivity contribution >= 4 is 23.6 Å². The summed E-state index contributed by atoms with van der Waals surface area (Å²) in [6.07, 6.45) is 1.84. The molecule has 242 valence electrons. The van der Waals surface area contributed by atoms with Crippen LogP contribution in [-0.2, 0) is 17.8 Å². The molecule has 0 atom stereocenters. The van der Waals surface area contributed by atoms with Crippen molar-refractivity contribution in [3.63, 3.8) is 0 Å². The molecule has 6 rings (SSSR count). The van der Waals surface area contributed by atoms with E-state index in [1.54, 1.807) is 24.3 Å². The van der Waals surface area contributed by atoms with Gasteiger partial charge in [-0.15, -0.1) is 0 Å². The summed E-state index contributed by atoms with van der Waals surface area (Å²) < 4.78 is 6.58. The number of likely N-dealkylation sites (tertiary alicyclic amines) is 1. The summed E-state index contributed by atoms with van der Waals surface area (Å²) >= 11 is 0. The minimum Gasteiger partial charge on any atom is -0.446 e. The maximum Gasteiger partial charge on any atom is 0.411 e. The fraction of sp³-hybridized carbons (Fsp3) is 0.308. The molecule has 4 aromatic carbocycles. The molecule has 0 spiro atoms. The number of hydrogen-bond donors (Lipinski definition) is 1. The lowest BCUT2D eigenvalue weighted by molar-refractivity contribution is -0.903. The van der Waals surface area contributed by atoms with Crippen LogP contribution in [0.1, 0.15) is 51.1 Å². The number of rotatable bonds is 11. The first-order valence-corrected chi connectivity index (χ1v) is 16.5. The number of nitrogens with one attached hydrogen (secondary N) is 1. The van der Waals surface area contributed by atoms with E-state index in [0.29, 0.717) is 17.7 Å². The molecule has 2 aliphatic heterocycles. The number of carbonyl (C=O) groups excluding carboxylic acids is 3. The Kier molecular flexibility index (Phi) is 9.80. The lowest BCUT2D eigenvalue weighted by Gasteiger charge is -2.32. The van der Waals surface area contributed by atoms with Crippen LogP contribution in [-0.4, -0.2) is 78.6 Å². The van der Waals surface area contributed by atoms with Crippen LogP contribution >= 0.6 is 0 Å². The van der Waals surface area contributed by atoms with Crippen LogP contribution in [0.15, 0.2) is 103 Å². The van der Waals surface area contributed by atoms with Crippen molar-refractivity contribution < 1.29 is 23.6 Å². The number of para-hydroxylation sites is 1. The molecular formula is C39H43N4O4+. The Morgan fingerprint density at radius 1 is 0.766 bits per heavy atom. The van der Waals surface area contributed by atoms with Gasteiger partial charge in [-0.2, -0.15) is 0 Å². The van der Waals surface area contributed by atoms with Crippen molar-refractivity contribution in [3.05, 3.63) is 125 Å². The molecule has 0 aliphatic carbocycles. The summed E-state index contributed by atoms with van der Waals surface area (Å²) in [7, 11) is 4.37. The van der Waals surface area contributed by atoms with Crippen LogP contribution in [0.3, 0.4) is 0 Å². The molecule has 3 amide bonds. The monoisotopic (exact) mass is 631 g/mol. The Morgan fingerprint density at radius 2 is 1.34 bits per heavy atom. The van der Waals surface area contributed by atoms with Gasteiger partial charge in [-0.1, -0.05) is 84.9 Å². The fourth-order valence-corrected chi connectivity index (χ4v) is 6.62. The highest BCUT2D eigenvalue weighted by molar-refractivity contribution is 6.21. The van der Waals surface area contributed by atoms with Gasteiger partial charge in [0.25, 0.3) is 11.8 Å². The van der Waals surface area contributed by atoms with Gasteiger partial charge in [-0.05, 0) is 42.2 Å². The first-order chi connectivity index (χ1) is 22.8. The smallest absolute Gasteiger partial charge is 0.411 e. The van der Waals surface area contributed by atoms with Crippen LogP contribution < -0.4 is 5.32 Å². The van der Waals surface area contributed by atoms with E-state index in [1.165, 1.54) is 16.0 Å². The molecule has 1 N–H and O–H groups in total. The second-order valence-electron chi connectivity index (χ2n) is 13.2. The topological polar surface area (TPSA) is 79.0 Å². The van der Waals surface area contributed by atoms with E-state index in [4.69, 9.17) is 4.74 Å². The predicted octanol–water partition coefficient (Wildman–Crippen LogP) is 6.83. The van der Waals surface area contributed by atoms with Crippen molar-refractivity contribution in [2.24, 2.45) is 0 Å². The summed E-state index contributed by atoms with van der Waals surface area (Å²) in [5.74, 6) is -0.371. The van der Waals surface area contributed by atoms with Crippen molar-refractivity contribution in [1.82, 2.24) is 9.80 Å². The maximum absolute atomic E-state index is 12.8. The molecule has 0 radical (unpaired) electrons. The Hall–Kier alpha value is -4.79. The number of ether oxygens (including phenoxy) is 1. The molecule has 1 fully saturated rings. The predicted molar refractivity (Wildman–Crippen MR) is 184 cm³/mol. The molecule has 0 bridgehead atoms. The highest BCUT2D eigenvalue weighted by Gasteiger charge is 2.35. The van der Waals surface area contributed by atoms with Crippen molar-refractivity contribution in [3.8, 4) is 11.1 Å². The van der Waals surface area contributed by atoms with E-state index in [9.17, 15) is 14.4 Å². The van der Waals surface area contributed by atoms with Gasteiger partial charge < -0.3 is 9.22 Å². The normalized spacial score (nSPS) is 15.5. The van der Waals surface area contributed by atoms with E-state index in [0.717, 1.165) is 73.3 Å². The second-order valence-corrected chi connectivity index (χ2v) is 13.2. The molecule has 2 aliphatic rings. The molecule has 4 aromatic rings. The highest BCUT2D eigenvalue weighted by atomic mass is 16.6. The van der Waals surface area contributed by atoms with Gasteiger partial charge in [0.15, 0.2) is 0 Å². The number of nitrogens with zero attached hydrogens (tertiary/aromatic N) is 3. The number of anilines is 1. The first-order valence-electron chi connectivity index (χ1n) is 16.5. The van der Waals surface area contributed by atoms with Gasteiger partial charge in [0.2, 0.25) is 0 Å². The third kappa shape index (κ3) is 7.96. The van der Waals surface area contributed by atoms with Gasteiger partial charge in [-0.25, -0.2) is 4.79 Å². The molecule has 0 saturated carbocycles. The Bertz CT molecular complexity index is 1680. The number of imide groups is 1. The highest BCUT2D eigenvalue weighted by Crippen LogP contribution is 2.28. The van der Waals surface area contributed by atoms with E-state index in [2.05, 4.69) is 48.6 Å². The Labute approximate surface area is 277 Å². The third-order valence-corrected chi connectivity index (χ3v) is 9.12. The van der Waals surface area contributed by atoms with Gasteiger partial charge in [0.05, 0.1) is 37.5 Å². The average molecular weight is 632 g/mol. The zero-order valence-electron chi connectivity index (χ0n) is 27.2. The molecule has 1 saturated heterocycles. The summed E-state index contributed by atoms with van der Waals surface area (Å²) in [5, 5.41) is 2.95. The lowest BCUT2D eigenvalue weighted by Crippen LogP contribution is -2.41. The first kappa shape index (κ1) is 32.2. The number of quaternary nitrogens is 1. The number of hydrogen-bond acceptors (Lipinski definition) is 5. The third-order valence-electron chi connectivity index (χ3n) is 9.12. The molecule has 8 nitrogen and oxygen atoms in total. The molecule has 47 heavy (non-hydrogen) atoms. The van der Waals surface area contributed by atoms with Crippen LogP contribution in [0.25, 0.3) is 11.1 Å². The molecule has 0 aromatic heterocycles. The Morgan fingerprint density at radius 3 is 2.00 bits per heavy atom. The Balaban J connectivity index is 0.920. The molecule has 2 heterocycles. The van der Waals surface area contributed by atoms with Crippen LogP contribution in [0, 0.1) is 0 Å². The molecular weight excluding hydrogens is 588 g/mol. The van der Waals surface area contributed by atoms with Gasteiger partial charge in [0, 0.05) is 43.7 Å². The van der Waals surface area contributed by atoms with Crippen molar-refractivity contribution in [2.45, 2.75) is 38.5 Å². The summed E-state index contributed by atoms with van der Waals surface area (Å²) in [5.41, 5.74) is 6.29. The average Bonchev–Trinajstić information content (AvgIpc) is 3.32. The van der Waals surface area contributed by atoms with Crippen LogP contribution in [0.2, 0.25) is 0 Å². The standard InChI is InChI=1S/C39H42N4O4/c1-43(2,26-10-23-42-37(44)34-14-6-7-15-35(34)38(42)45)28-30-19-17-29(18-20-30)27-41-24-21-32(22-25-41)47-39(46)40-36-16-9-8-13-33(36)31-11-4-3-5-12-31/h3-9,11-20,32H,10,21-28H2,1-2H3/p+1. The summed E-state index contributed by atoms with van der Waals surface area (Å²) in [6.45, 7) is 4.76. The number of carbonyl (C=O) groups is 3. The number of benzene rings is 4. The number of fused-ring (bicyclic) bond motifs is 1. The van der Waals surface area contributed by atoms with E-state index < -0.39 is 6.09 Å². The number of amides is 3. The minimum atomic E-state index is -0.410. The van der Waals surface area contributed by atoms with E-state index in [1.807, 2.05) is 54.6 Å². The minimum absolute atomic E-state index is 0.102. The van der Waals surface area contributed by atoms with Gasteiger partial charge in [0.1, 0.15) is 12.6 Å². The molecule has 8 heteroatoms. The maximum atomic E-state index is 12.8. The van der Waals surface area contributed by atoms with Gasteiger partial charge >= 0.3 is 6.09 Å².